The first kappa shape index (κ1) is 21.3. The van der Waals surface area contributed by atoms with Crippen molar-refractivity contribution in [1.29, 1.82) is 0 Å². The number of rotatable bonds is 4. The summed E-state index contributed by atoms with van der Waals surface area (Å²) in [5.74, 6) is 0.308. The molecular weight excluding hydrogens is 433 g/mol. The van der Waals surface area contributed by atoms with Gasteiger partial charge in [0.1, 0.15) is 11.5 Å². The number of aliphatic hydroxyl groups is 1. The Morgan fingerprint density at radius 3 is 2.67 bits per heavy atom. The zero-order chi connectivity index (χ0) is 23.2. The van der Waals surface area contributed by atoms with E-state index in [9.17, 15) is 18.3 Å². The Kier molecular flexibility index (Phi) is 5.24. The summed E-state index contributed by atoms with van der Waals surface area (Å²) in [6.07, 6.45) is 0.273. The largest absolute Gasteiger partial charge is 0.416 e. The molecule has 1 unspecified atom stereocenters. The van der Waals surface area contributed by atoms with Crippen LogP contribution in [-0.2, 0) is 19.3 Å². The van der Waals surface area contributed by atoms with Gasteiger partial charge in [0.15, 0.2) is 5.82 Å². The first-order chi connectivity index (χ1) is 15.8. The topological polar surface area (TPSA) is 81.7 Å². The summed E-state index contributed by atoms with van der Waals surface area (Å²) in [7, 11) is 0. The number of alkyl halides is 3. The summed E-state index contributed by atoms with van der Waals surface area (Å²) in [5.41, 5.74) is 1.95. The minimum atomic E-state index is -4.44. The molecule has 1 atom stereocenters. The fourth-order valence-electron chi connectivity index (χ4n) is 4.34. The van der Waals surface area contributed by atoms with Crippen LogP contribution in [0.1, 0.15) is 47.1 Å². The molecule has 1 aliphatic heterocycles. The van der Waals surface area contributed by atoms with Gasteiger partial charge < -0.3 is 9.67 Å². The maximum Gasteiger partial charge on any atom is 0.416 e. The van der Waals surface area contributed by atoms with Gasteiger partial charge in [0.2, 0.25) is 0 Å². The molecule has 1 N–H and O–H groups in total. The smallest absolute Gasteiger partial charge is 0.390 e. The second kappa shape index (κ2) is 8.11. The second-order valence-corrected chi connectivity index (χ2v) is 8.04. The highest BCUT2D eigenvalue weighted by Gasteiger charge is 2.37. The zero-order valence-electron chi connectivity index (χ0n) is 17.8. The number of aromatic nitrogens is 6. The summed E-state index contributed by atoms with van der Waals surface area (Å²) in [6.45, 7) is 2.14. The van der Waals surface area contributed by atoms with Gasteiger partial charge in [-0.3, -0.25) is 0 Å². The minimum Gasteiger partial charge on any atom is -0.390 e. The van der Waals surface area contributed by atoms with E-state index in [1.54, 1.807) is 33.8 Å². The SMILES string of the molecule is Cc1cn(-c2ccc(-c3nc4n(n3)CCCC4c3ccccc3C(F)(F)F)nc2CO)cn1. The van der Waals surface area contributed by atoms with E-state index < -0.39 is 17.7 Å². The van der Waals surface area contributed by atoms with Gasteiger partial charge in [-0.05, 0) is 43.5 Å². The van der Waals surface area contributed by atoms with Crippen molar-refractivity contribution in [2.75, 3.05) is 0 Å². The first-order valence-electron chi connectivity index (χ1n) is 10.6. The van der Waals surface area contributed by atoms with Crippen molar-refractivity contribution in [3.8, 4) is 17.2 Å². The molecule has 0 saturated carbocycles. The van der Waals surface area contributed by atoms with Crippen LogP contribution in [0.5, 0.6) is 0 Å². The molecule has 4 aromatic rings. The molecule has 4 heterocycles. The zero-order valence-corrected chi connectivity index (χ0v) is 17.8. The quantitative estimate of drug-likeness (QED) is 0.498. The van der Waals surface area contributed by atoms with Crippen molar-refractivity contribution in [1.82, 2.24) is 29.3 Å². The van der Waals surface area contributed by atoms with Crippen molar-refractivity contribution < 1.29 is 18.3 Å². The third kappa shape index (κ3) is 3.91. The van der Waals surface area contributed by atoms with Crippen molar-refractivity contribution in [3.05, 3.63) is 77.3 Å². The molecule has 0 fully saturated rings. The highest BCUT2D eigenvalue weighted by atomic mass is 19.4. The second-order valence-electron chi connectivity index (χ2n) is 8.04. The van der Waals surface area contributed by atoms with E-state index in [0.29, 0.717) is 48.1 Å². The van der Waals surface area contributed by atoms with E-state index in [0.717, 1.165) is 11.8 Å². The molecule has 0 saturated heterocycles. The summed E-state index contributed by atoms with van der Waals surface area (Å²) >= 11 is 0. The van der Waals surface area contributed by atoms with Crippen molar-refractivity contribution in [2.45, 2.75) is 45.0 Å². The van der Waals surface area contributed by atoms with Gasteiger partial charge in [0.05, 0.1) is 35.6 Å². The number of imidazole rings is 1. The molecule has 7 nitrogen and oxygen atoms in total. The summed E-state index contributed by atoms with van der Waals surface area (Å²) in [4.78, 5) is 13.3. The van der Waals surface area contributed by atoms with E-state index in [1.165, 1.54) is 12.1 Å². The molecule has 0 amide bonds. The average Bonchev–Trinajstić information content (AvgIpc) is 3.44. The fraction of sp³-hybridized carbons (Fsp3) is 0.304. The Balaban J connectivity index is 1.55. The Morgan fingerprint density at radius 2 is 1.94 bits per heavy atom. The molecule has 33 heavy (non-hydrogen) atoms. The summed E-state index contributed by atoms with van der Waals surface area (Å²) in [5, 5.41) is 14.4. The van der Waals surface area contributed by atoms with Crippen molar-refractivity contribution in [2.24, 2.45) is 0 Å². The highest BCUT2D eigenvalue weighted by Crippen LogP contribution is 2.40. The molecule has 1 aliphatic rings. The molecule has 0 radical (unpaired) electrons. The van der Waals surface area contributed by atoms with Gasteiger partial charge in [-0.1, -0.05) is 18.2 Å². The third-order valence-electron chi connectivity index (χ3n) is 5.84. The highest BCUT2D eigenvalue weighted by molar-refractivity contribution is 5.53. The van der Waals surface area contributed by atoms with Crippen molar-refractivity contribution >= 4 is 0 Å². The lowest BCUT2D eigenvalue weighted by Gasteiger charge is -2.25. The fourth-order valence-corrected chi connectivity index (χ4v) is 4.34. The van der Waals surface area contributed by atoms with Gasteiger partial charge in [0, 0.05) is 18.7 Å². The molecule has 0 spiro atoms. The van der Waals surface area contributed by atoms with Crippen LogP contribution in [0.15, 0.2) is 48.9 Å². The van der Waals surface area contributed by atoms with Gasteiger partial charge in [0.25, 0.3) is 0 Å². The molecule has 0 aliphatic carbocycles. The lowest BCUT2D eigenvalue weighted by molar-refractivity contribution is -0.138. The Hall–Kier alpha value is -3.53. The van der Waals surface area contributed by atoms with Crippen LogP contribution in [0.3, 0.4) is 0 Å². The van der Waals surface area contributed by atoms with Crippen LogP contribution >= 0.6 is 0 Å². The number of halogens is 3. The van der Waals surface area contributed by atoms with E-state index >= 15 is 0 Å². The Labute approximate surface area is 187 Å². The van der Waals surface area contributed by atoms with Crippen LogP contribution < -0.4 is 0 Å². The van der Waals surface area contributed by atoms with Crippen LogP contribution in [0.2, 0.25) is 0 Å². The first-order valence-corrected chi connectivity index (χ1v) is 10.6. The van der Waals surface area contributed by atoms with Crippen LogP contribution in [0, 0.1) is 6.92 Å². The number of hydrogen-bond acceptors (Lipinski definition) is 5. The van der Waals surface area contributed by atoms with E-state index in [1.807, 2.05) is 13.1 Å². The van der Waals surface area contributed by atoms with Crippen LogP contribution in [0.4, 0.5) is 13.2 Å². The lowest BCUT2D eigenvalue weighted by Crippen LogP contribution is -2.21. The monoisotopic (exact) mass is 454 g/mol. The molecule has 1 aromatic carbocycles. The molecule has 5 rings (SSSR count). The number of fused-ring (bicyclic) bond motifs is 1. The average molecular weight is 454 g/mol. The standard InChI is InChI=1S/C23H21F3N6O/c1-14-11-31(13-27-14)20-9-8-18(28-19(20)12-33)21-29-22-16(6-4-10-32(22)30-21)15-5-2-3-7-17(15)23(24,25)26/h2-3,5,7-9,11,13,16,33H,4,6,10,12H2,1H3. The van der Waals surface area contributed by atoms with Gasteiger partial charge >= 0.3 is 6.18 Å². The molecule has 10 heteroatoms. The number of aryl methyl sites for hydroxylation is 2. The van der Waals surface area contributed by atoms with Gasteiger partial charge in [-0.15, -0.1) is 5.10 Å². The van der Waals surface area contributed by atoms with Gasteiger partial charge in [-0.2, -0.15) is 13.2 Å². The predicted octanol–water partition coefficient (Wildman–Crippen LogP) is 4.27. The van der Waals surface area contributed by atoms with E-state index in [4.69, 9.17) is 0 Å². The van der Waals surface area contributed by atoms with E-state index in [2.05, 4.69) is 20.1 Å². The van der Waals surface area contributed by atoms with Crippen molar-refractivity contribution in [3.63, 3.8) is 0 Å². The molecule has 170 valence electrons. The lowest BCUT2D eigenvalue weighted by atomic mass is 9.88. The summed E-state index contributed by atoms with van der Waals surface area (Å²) < 4.78 is 44.3. The number of benzene rings is 1. The maximum atomic E-state index is 13.6. The number of nitrogens with zero attached hydrogens (tertiary/aromatic N) is 6. The number of aliphatic hydroxyl groups excluding tert-OH is 1. The molecule has 0 bridgehead atoms. The third-order valence-corrected chi connectivity index (χ3v) is 5.84. The van der Waals surface area contributed by atoms with Gasteiger partial charge in [-0.25, -0.2) is 19.6 Å². The number of pyridine rings is 1. The molecular formula is C23H21F3N6O. The normalized spacial score (nSPS) is 16.1. The Bertz CT molecular complexity index is 1310. The minimum absolute atomic E-state index is 0.208. The predicted molar refractivity (Wildman–Crippen MR) is 114 cm³/mol. The van der Waals surface area contributed by atoms with Crippen LogP contribution in [-0.4, -0.2) is 34.4 Å². The maximum absolute atomic E-state index is 13.6. The summed E-state index contributed by atoms with van der Waals surface area (Å²) in [6, 6.07) is 9.18. The van der Waals surface area contributed by atoms with E-state index in [-0.39, 0.29) is 12.2 Å². The Morgan fingerprint density at radius 1 is 1.12 bits per heavy atom. The van der Waals surface area contributed by atoms with Crippen LogP contribution in [0.25, 0.3) is 17.2 Å². The molecule has 3 aromatic heterocycles. The number of hydrogen-bond donors (Lipinski definition) is 1.